The Bertz CT molecular complexity index is 37.1. The molecule has 0 aliphatic rings. The van der Waals surface area contributed by atoms with Crippen LogP contribution in [-0.2, 0) is 0 Å². The Hall–Kier alpha value is -0.110. The van der Waals surface area contributed by atoms with Crippen LogP contribution in [0, 0.1) is 0 Å². The fourth-order valence-electron chi connectivity index (χ4n) is 0.376. The predicted octanol–water partition coefficient (Wildman–Crippen LogP) is 0.908. The van der Waals surface area contributed by atoms with Crippen molar-refractivity contribution in [1.82, 2.24) is 4.90 Å². The topological polar surface area (TPSA) is 3.24 Å². The lowest BCUT2D eigenvalue weighted by Gasteiger charge is -2.04. The van der Waals surface area contributed by atoms with E-state index in [1.165, 1.54) is 0 Å². The van der Waals surface area contributed by atoms with Crippen molar-refractivity contribution >= 4 is 0 Å². The third-order valence-corrected chi connectivity index (χ3v) is 0.739. The average molecular weight is 105 g/mol. The maximum atomic E-state index is 11.3. The van der Waals surface area contributed by atoms with Gasteiger partial charge in [0, 0.05) is 6.54 Å². The SMILES string of the molecule is CN(C)CCCF. The molecule has 44 valence electrons. The van der Waals surface area contributed by atoms with Crippen molar-refractivity contribution in [3.63, 3.8) is 0 Å². The minimum Gasteiger partial charge on any atom is -0.309 e. The highest BCUT2D eigenvalue weighted by atomic mass is 19.1. The van der Waals surface area contributed by atoms with E-state index in [0.29, 0.717) is 6.42 Å². The molecular weight excluding hydrogens is 93.1 g/mol. The second-order valence-electron chi connectivity index (χ2n) is 1.85. The van der Waals surface area contributed by atoms with Crippen LogP contribution < -0.4 is 0 Å². The minimum absolute atomic E-state index is 0.196. The molecule has 7 heavy (non-hydrogen) atoms. The van der Waals surface area contributed by atoms with E-state index in [0.717, 1.165) is 6.54 Å². The Morgan fingerprint density at radius 1 is 1.43 bits per heavy atom. The molecule has 0 radical (unpaired) electrons. The molecule has 0 rings (SSSR count). The summed E-state index contributed by atoms with van der Waals surface area (Å²) >= 11 is 0. The number of hydrogen-bond acceptors (Lipinski definition) is 1. The van der Waals surface area contributed by atoms with Crippen LogP contribution in [0.2, 0.25) is 0 Å². The van der Waals surface area contributed by atoms with Crippen LogP contribution in [0.5, 0.6) is 0 Å². The molecule has 0 aromatic heterocycles. The van der Waals surface area contributed by atoms with Gasteiger partial charge >= 0.3 is 0 Å². The van der Waals surface area contributed by atoms with E-state index in [1.807, 2.05) is 19.0 Å². The van der Waals surface area contributed by atoms with Gasteiger partial charge in [-0.3, -0.25) is 4.39 Å². The van der Waals surface area contributed by atoms with Gasteiger partial charge in [0.25, 0.3) is 0 Å². The van der Waals surface area contributed by atoms with Crippen molar-refractivity contribution in [2.75, 3.05) is 27.3 Å². The highest BCUT2D eigenvalue weighted by molar-refractivity contribution is 4.39. The molecule has 0 aromatic rings. The zero-order chi connectivity index (χ0) is 5.70. The molecule has 0 bridgehead atoms. The van der Waals surface area contributed by atoms with Gasteiger partial charge in [-0.2, -0.15) is 0 Å². The van der Waals surface area contributed by atoms with Gasteiger partial charge in [-0.25, -0.2) is 0 Å². The van der Waals surface area contributed by atoms with Crippen LogP contribution in [0.25, 0.3) is 0 Å². The van der Waals surface area contributed by atoms with Gasteiger partial charge in [-0.1, -0.05) is 0 Å². The van der Waals surface area contributed by atoms with Crippen LogP contribution in [0.4, 0.5) is 4.39 Å². The highest BCUT2D eigenvalue weighted by Gasteiger charge is 1.85. The largest absolute Gasteiger partial charge is 0.309 e. The first kappa shape index (κ1) is 6.89. The van der Waals surface area contributed by atoms with Gasteiger partial charge in [0.2, 0.25) is 0 Å². The molecule has 2 heteroatoms. The zero-order valence-corrected chi connectivity index (χ0v) is 4.95. The lowest BCUT2D eigenvalue weighted by molar-refractivity contribution is 0.361. The van der Waals surface area contributed by atoms with Gasteiger partial charge in [-0.15, -0.1) is 0 Å². The summed E-state index contributed by atoms with van der Waals surface area (Å²) in [5, 5.41) is 0. The summed E-state index contributed by atoms with van der Waals surface area (Å²) in [7, 11) is 3.88. The van der Waals surface area contributed by atoms with E-state index < -0.39 is 0 Å². The number of alkyl halides is 1. The molecule has 0 aromatic carbocycles. The molecule has 0 unspecified atom stereocenters. The average Bonchev–Trinajstić information content (AvgIpc) is 1.61. The quantitative estimate of drug-likeness (QED) is 0.515. The summed E-state index contributed by atoms with van der Waals surface area (Å²) in [6.45, 7) is 0.661. The molecule has 0 heterocycles. The molecule has 0 spiro atoms. The molecule has 1 nitrogen and oxygen atoms in total. The Morgan fingerprint density at radius 3 is 2.14 bits per heavy atom. The van der Waals surface area contributed by atoms with Crippen molar-refractivity contribution in [3.05, 3.63) is 0 Å². The maximum Gasteiger partial charge on any atom is 0.0906 e. The van der Waals surface area contributed by atoms with Gasteiger partial charge in [-0.05, 0) is 20.5 Å². The van der Waals surface area contributed by atoms with E-state index in [1.54, 1.807) is 0 Å². The van der Waals surface area contributed by atoms with Crippen LogP contribution >= 0.6 is 0 Å². The summed E-state index contributed by atoms with van der Waals surface area (Å²) in [5.74, 6) is 0. The first-order valence-electron chi connectivity index (χ1n) is 2.48. The lowest BCUT2D eigenvalue weighted by atomic mass is 10.4. The summed E-state index contributed by atoms with van der Waals surface area (Å²) in [4.78, 5) is 1.97. The molecule has 0 N–H and O–H groups in total. The smallest absolute Gasteiger partial charge is 0.0906 e. The molecule has 0 saturated carbocycles. The van der Waals surface area contributed by atoms with Gasteiger partial charge in [0.05, 0.1) is 6.67 Å². The van der Waals surface area contributed by atoms with Crippen molar-refractivity contribution in [1.29, 1.82) is 0 Å². The first-order chi connectivity index (χ1) is 3.27. The molecule has 0 amide bonds. The molecule has 0 atom stereocenters. The molecular formula is C5H12FN. The normalized spacial score (nSPS) is 10.3. The molecule has 0 aliphatic heterocycles. The van der Waals surface area contributed by atoms with Gasteiger partial charge < -0.3 is 4.90 Å². The van der Waals surface area contributed by atoms with Crippen LogP contribution in [0.1, 0.15) is 6.42 Å². The fourth-order valence-corrected chi connectivity index (χ4v) is 0.376. The lowest BCUT2D eigenvalue weighted by Crippen LogP contribution is -2.12. The Kier molecular flexibility index (Phi) is 4.00. The van der Waals surface area contributed by atoms with E-state index in [4.69, 9.17) is 0 Å². The first-order valence-corrected chi connectivity index (χ1v) is 2.48. The van der Waals surface area contributed by atoms with E-state index in [2.05, 4.69) is 0 Å². The molecule has 0 saturated heterocycles. The number of nitrogens with zero attached hydrogens (tertiary/aromatic N) is 1. The van der Waals surface area contributed by atoms with Crippen molar-refractivity contribution in [2.45, 2.75) is 6.42 Å². The Balaban J connectivity index is 2.68. The third kappa shape index (κ3) is 5.89. The Morgan fingerprint density at radius 2 is 2.00 bits per heavy atom. The van der Waals surface area contributed by atoms with Crippen LogP contribution in [0.15, 0.2) is 0 Å². The van der Waals surface area contributed by atoms with Crippen molar-refractivity contribution in [2.24, 2.45) is 0 Å². The van der Waals surface area contributed by atoms with Gasteiger partial charge in [0.1, 0.15) is 0 Å². The van der Waals surface area contributed by atoms with Gasteiger partial charge in [0.15, 0.2) is 0 Å². The third-order valence-electron chi connectivity index (χ3n) is 0.739. The summed E-state index contributed by atoms with van der Waals surface area (Å²) < 4.78 is 11.3. The molecule has 0 fully saturated rings. The summed E-state index contributed by atoms with van der Waals surface area (Å²) in [5.41, 5.74) is 0. The summed E-state index contributed by atoms with van der Waals surface area (Å²) in [6.07, 6.45) is 0.660. The monoisotopic (exact) mass is 105 g/mol. The van der Waals surface area contributed by atoms with Crippen molar-refractivity contribution in [3.8, 4) is 0 Å². The maximum absolute atomic E-state index is 11.3. The second-order valence-corrected chi connectivity index (χ2v) is 1.85. The minimum atomic E-state index is -0.196. The summed E-state index contributed by atoms with van der Waals surface area (Å²) in [6, 6.07) is 0. The predicted molar refractivity (Wildman–Crippen MR) is 29.1 cm³/mol. The standard InChI is InChI=1S/C5H12FN/c1-7(2)5-3-4-6/h3-5H2,1-2H3. The second kappa shape index (κ2) is 4.06. The number of hydrogen-bond donors (Lipinski definition) is 0. The zero-order valence-electron chi connectivity index (χ0n) is 4.95. The Labute approximate surface area is 44.1 Å². The number of halogens is 1. The fraction of sp³-hybridized carbons (Fsp3) is 1.00. The van der Waals surface area contributed by atoms with E-state index in [-0.39, 0.29) is 6.67 Å². The van der Waals surface area contributed by atoms with E-state index >= 15 is 0 Å². The number of rotatable bonds is 3. The van der Waals surface area contributed by atoms with Crippen LogP contribution in [0.3, 0.4) is 0 Å². The van der Waals surface area contributed by atoms with Crippen molar-refractivity contribution < 1.29 is 4.39 Å². The van der Waals surface area contributed by atoms with Crippen LogP contribution in [-0.4, -0.2) is 32.2 Å². The van der Waals surface area contributed by atoms with E-state index in [9.17, 15) is 4.39 Å². The highest BCUT2D eigenvalue weighted by Crippen LogP contribution is 1.81. The molecule has 0 aliphatic carbocycles.